The predicted molar refractivity (Wildman–Crippen MR) is 82.6 cm³/mol. The maximum Gasteiger partial charge on any atom is 0.238 e. The average molecular weight is 279 g/mol. The zero-order chi connectivity index (χ0) is 15.0. The van der Waals surface area contributed by atoms with Gasteiger partial charge in [-0.05, 0) is 30.2 Å². The molecule has 1 aromatic rings. The number of nitrogens with two attached hydrogens (primary N) is 1. The van der Waals surface area contributed by atoms with Crippen molar-refractivity contribution in [2.75, 3.05) is 44.4 Å². The number of rotatable bonds is 8. The van der Waals surface area contributed by atoms with Gasteiger partial charge >= 0.3 is 0 Å². The Morgan fingerprint density at radius 2 is 2.00 bits per heavy atom. The molecule has 0 aromatic heterocycles. The van der Waals surface area contributed by atoms with Crippen LogP contribution in [0.4, 0.5) is 11.4 Å². The van der Waals surface area contributed by atoms with Gasteiger partial charge in [0.15, 0.2) is 0 Å². The summed E-state index contributed by atoms with van der Waals surface area (Å²) >= 11 is 0. The van der Waals surface area contributed by atoms with E-state index in [1.54, 1.807) is 31.4 Å². The Kier molecular flexibility index (Phi) is 7.04. The quantitative estimate of drug-likeness (QED) is 0.712. The summed E-state index contributed by atoms with van der Waals surface area (Å²) in [6.07, 6.45) is 0. The molecule has 0 aliphatic rings. The van der Waals surface area contributed by atoms with Gasteiger partial charge in [0.05, 0.1) is 13.2 Å². The molecule has 1 rings (SSSR count). The van der Waals surface area contributed by atoms with E-state index in [9.17, 15) is 4.79 Å². The Morgan fingerprint density at radius 1 is 1.35 bits per heavy atom. The topological polar surface area (TPSA) is 67.6 Å². The van der Waals surface area contributed by atoms with Crippen molar-refractivity contribution in [2.24, 2.45) is 5.92 Å². The number of anilines is 2. The summed E-state index contributed by atoms with van der Waals surface area (Å²) in [5, 5.41) is 2.87. The highest BCUT2D eigenvalue weighted by Gasteiger charge is 2.12. The largest absolute Gasteiger partial charge is 0.399 e. The van der Waals surface area contributed by atoms with Crippen LogP contribution in [0, 0.1) is 5.92 Å². The minimum Gasteiger partial charge on any atom is -0.399 e. The fraction of sp³-hybridized carbons (Fsp3) is 0.533. The van der Waals surface area contributed by atoms with Crippen LogP contribution in [-0.2, 0) is 9.53 Å². The maximum atomic E-state index is 12.0. The Bertz CT molecular complexity index is 404. The molecule has 0 aliphatic carbocycles. The molecular formula is C15H25N3O2. The predicted octanol–water partition coefficient (Wildman–Crippen LogP) is 1.81. The van der Waals surface area contributed by atoms with Crippen molar-refractivity contribution in [3.63, 3.8) is 0 Å². The molecule has 0 bridgehead atoms. The lowest BCUT2D eigenvalue weighted by atomic mass is 10.2. The number of methoxy groups -OCH3 is 1. The molecule has 20 heavy (non-hydrogen) atoms. The molecule has 0 fully saturated rings. The summed E-state index contributed by atoms with van der Waals surface area (Å²) < 4.78 is 5.08. The normalized spacial score (nSPS) is 11.1. The van der Waals surface area contributed by atoms with Gasteiger partial charge in [-0.2, -0.15) is 0 Å². The van der Waals surface area contributed by atoms with Crippen molar-refractivity contribution < 1.29 is 9.53 Å². The third-order valence-corrected chi connectivity index (χ3v) is 2.80. The van der Waals surface area contributed by atoms with E-state index in [1.807, 2.05) is 0 Å². The van der Waals surface area contributed by atoms with Crippen molar-refractivity contribution in [3.05, 3.63) is 24.3 Å². The van der Waals surface area contributed by atoms with Crippen LogP contribution < -0.4 is 11.1 Å². The number of nitrogen functional groups attached to an aromatic ring is 1. The standard InChI is InChI=1S/C15H25N3O2/c1-12(2)10-18(8-9-20-3)11-15(19)17-14-6-4-13(16)5-7-14/h4-7,12H,8-11,16H2,1-3H3,(H,17,19). The number of amides is 1. The van der Waals surface area contributed by atoms with Crippen LogP contribution in [0.5, 0.6) is 0 Å². The van der Waals surface area contributed by atoms with Crippen LogP contribution in [0.2, 0.25) is 0 Å². The highest BCUT2D eigenvalue weighted by molar-refractivity contribution is 5.92. The summed E-state index contributed by atoms with van der Waals surface area (Å²) in [7, 11) is 1.67. The highest BCUT2D eigenvalue weighted by Crippen LogP contribution is 2.10. The SMILES string of the molecule is COCCN(CC(=O)Nc1ccc(N)cc1)CC(C)C. The fourth-order valence-electron chi connectivity index (χ4n) is 1.94. The first-order valence-electron chi connectivity index (χ1n) is 6.88. The zero-order valence-corrected chi connectivity index (χ0v) is 12.6. The van der Waals surface area contributed by atoms with Gasteiger partial charge < -0.3 is 15.8 Å². The van der Waals surface area contributed by atoms with E-state index in [-0.39, 0.29) is 5.91 Å². The van der Waals surface area contributed by atoms with Crippen LogP contribution in [-0.4, -0.2) is 44.2 Å². The second kappa shape index (κ2) is 8.55. The lowest BCUT2D eigenvalue weighted by molar-refractivity contribution is -0.117. The Morgan fingerprint density at radius 3 is 2.55 bits per heavy atom. The number of nitrogens with one attached hydrogen (secondary N) is 1. The number of carbonyl (C=O) groups is 1. The number of ether oxygens (including phenoxy) is 1. The lowest BCUT2D eigenvalue weighted by Gasteiger charge is -2.23. The molecule has 0 spiro atoms. The molecule has 1 aromatic carbocycles. The van der Waals surface area contributed by atoms with Gasteiger partial charge in [-0.1, -0.05) is 13.8 Å². The van der Waals surface area contributed by atoms with Crippen molar-refractivity contribution in [1.82, 2.24) is 4.90 Å². The first kappa shape index (κ1) is 16.5. The molecule has 0 saturated heterocycles. The van der Waals surface area contributed by atoms with Crippen molar-refractivity contribution >= 4 is 17.3 Å². The number of hydrogen-bond donors (Lipinski definition) is 2. The minimum absolute atomic E-state index is 0.0217. The Labute approximate surface area is 121 Å². The number of nitrogens with zero attached hydrogens (tertiary/aromatic N) is 1. The monoisotopic (exact) mass is 279 g/mol. The van der Waals surface area contributed by atoms with Gasteiger partial charge in [0.25, 0.3) is 0 Å². The van der Waals surface area contributed by atoms with E-state index < -0.39 is 0 Å². The van der Waals surface area contributed by atoms with E-state index in [0.29, 0.717) is 24.8 Å². The molecule has 0 radical (unpaired) electrons. The molecule has 0 saturated carbocycles. The second-order valence-electron chi connectivity index (χ2n) is 5.29. The van der Waals surface area contributed by atoms with Crippen LogP contribution in [0.1, 0.15) is 13.8 Å². The molecule has 3 N–H and O–H groups in total. The van der Waals surface area contributed by atoms with Crippen molar-refractivity contribution in [3.8, 4) is 0 Å². The molecule has 0 aliphatic heterocycles. The second-order valence-corrected chi connectivity index (χ2v) is 5.29. The third-order valence-electron chi connectivity index (χ3n) is 2.80. The van der Waals surface area contributed by atoms with E-state index in [0.717, 1.165) is 18.8 Å². The van der Waals surface area contributed by atoms with Gasteiger partial charge in [0, 0.05) is 31.6 Å². The van der Waals surface area contributed by atoms with E-state index in [1.165, 1.54) is 0 Å². The first-order chi connectivity index (χ1) is 9.51. The van der Waals surface area contributed by atoms with E-state index >= 15 is 0 Å². The van der Waals surface area contributed by atoms with E-state index in [4.69, 9.17) is 10.5 Å². The minimum atomic E-state index is -0.0217. The molecule has 0 unspecified atom stereocenters. The molecular weight excluding hydrogens is 254 g/mol. The van der Waals surface area contributed by atoms with Crippen LogP contribution >= 0.6 is 0 Å². The smallest absolute Gasteiger partial charge is 0.238 e. The lowest BCUT2D eigenvalue weighted by Crippen LogP contribution is -2.37. The third kappa shape index (κ3) is 6.54. The molecule has 0 atom stereocenters. The number of hydrogen-bond acceptors (Lipinski definition) is 4. The molecule has 1 amide bonds. The zero-order valence-electron chi connectivity index (χ0n) is 12.6. The van der Waals surface area contributed by atoms with Crippen molar-refractivity contribution in [1.29, 1.82) is 0 Å². The number of carbonyl (C=O) groups excluding carboxylic acids is 1. The van der Waals surface area contributed by atoms with Gasteiger partial charge in [-0.25, -0.2) is 0 Å². The summed E-state index contributed by atoms with van der Waals surface area (Å²) in [5.74, 6) is 0.489. The summed E-state index contributed by atoms with van der Waals surface area (Å²) in [5.41, 5.74) is 7.06. The van der Waals surface area contributed by atoms with Gasteiger partial charge in [-0.15, -0.1) is 0 Å². The Balaban J connectivity index is 2.49. The molecule has 0 heterocycles. The summed E-state index contributed by atoms with van der Waals surface area (Å²) in [4.78, 5) is 14.1. The fourth-order valence-corrected chi connectivity index (χ4v) is 1.94. The number of benzene rings is 1. The first-order valence-corrected chi connectivity index (χ1v) is 6.88. The van der Waals surface area contributed by atoms with Gasteiger partial charge in [0.2, 0.25) is 5.91 Å². The van der Waals surface area contributed by atoms with Crippen LogP contribution in [0.15, 0.2) is 24.3 Å². The van der Waals surface area contributed by atoms with E-state index in [2.05, 4.69) is 24.1 Å². The molecule has 5 nitrogen and oxygen atoms in total. The summed E-state index contributed by atoms with van der Waals surface area (Å²) in [6, 6.07) is 7.14. The van der Waals surface area contributed by atoms with Crippen LogP contribution in [0.3, 0.4) is 0 Å². The molecule has 5 heteroatoms. The van der Waals surface area contributed by atoms with Crippen LogP contribution in [0.25, 0.3) is 0 Å². The average Bonchev–Trinajstić information content (AvgIpc) is 2.38. The highest BCUT2D eigenvalue weighted by atomic mass is 16.5. The summed E-state index contributed by atoms with van der Waals surface area (Å²) in [6.45, 7) is 6.89. The van der Waals surface area contributed by atoms with Crippen molar-refractivity contribution in [2.45, 2.75) is 13.8 Å². The molecule has 112 valence electrons. The maximum absolute atomic E-state index is 12.0. The van der Waals surface area contributed by atoms with Gasteiger partial charge in [0.1, 0.15) is 0 Å². The van der Waals surface area contributed by atoms with Gasteiger partial charge in [-0.3, -0.25) is 9.69 Å². The Hall–Kier alpha value is -1.59.